The second-order valence-corrected chi connectivity index (χ2v) is 6.79. The lowest BCUT2D eigenvalue weighted by Gasteiger charge is -2.15. The second kappa shape index (κ2) is 8.46. The third kappa shape index (κ3) is 4.47. The van der Waals surface area contributed by atoms with Crippen LogP contribution < -0.4 is 5.32 Å². The number of ether oxygens (including phenoxy) is 1. The maximum Gasteiger partial charge on any atom is 0.317 e. The smallest absolute Gasteiger partial charge is 0.317 e. The molecule has 1 aromatic heterocycles. The lowest BCUT2D eigenvalue weighted by Crippen LogP contribution is -2.38. The van der Waals surface area contributed by atoms with Gasteiger partial charge in [-0.15, -0.1) is 0 Å². The molecule has 1 saturated carbocycles. The SMILES string of the molecule is CCNC(=O)N1CCC(c2nc(CCOCC3CCCC3)no2)C1. The number of urea groups is 1. The number of hydrogen-bond acceptors (Lipinski definition) is 5. The van der Waals surface area contributed by atoms with E-state index in [0.717, 1.165) is 25.5 Å². The number of amides is 2. The van der Waals surface area contributed by atoms with Gasteiger partial charge in [0.05, 0.1) is 12.5 Å². The lowest BCUT2D eigenvalue weighted by atomic mass is 10.1. The van der Waals surface area contributed by atoms with Crippen molar-refractivity contribution in [1.29, 1.82) is 0 Å². The van der Waals surface area contributed by atoms with Crippen LogP contribution in [0.4, 0.5) is 4.79 Å². The van der Waals surface area contributed by atoms with Gasteiger partial charge in [-0.2, -0.15) is 4.98 Å². The van der Waals surface area contributed by atoms with Gasteiger partial charge in [-0.25, -0.2) is 4.79 Å². The summed E-state index contributed by atoms with van der Waals surface area (Å²) in [6.07, 6.45) is 6.85. The normalized spacial score (nSPS) is 21.5. The molecule has 1 atom stereocenters. The van der Waals surface area contributed by atoms with Crippen molar-refractivity contribution in [3.63, 3.8) is 0 Å². The summed E-state index contributed by atoms with van der Waals surface area (Å²) < 4.78 is 11.1. The number of hydrogen-bond donors (Lipinski definition) is 1. The number of carbonyl (C=O) groups excluding carboxylic acids is 1. The van der Waals surface area contributed by atoms with Crippen molar-refractivity contribution in [2.45, 2.75) is 51.4 Å². The number of aromatic nitrogens is 2. The van der Waals surface area contributed by atoms with Crippen LogP contribution in [0, 0.1) is 5.92 Å². The van der Waals surface area contributed by atoms with E-state index in [0.29, 0.717) is 37.8 Å². The molecule has 134 valence electrons. The van der Waals surface area contributed by atoms with E-state index in [1.807, 2.05) is 11.8 Å². The van der Waals surface area contributed by atoms with Gasteiger partial charge in [0.1, 0.15) is 0 Å². The minimum absolute atomic E-state index is 0.0138. The summed E-state index contributed by atoms with van der Waals surface area (Å²) in [5.41, 5.74) is 0. The van der Waals surface area contributed by atoms with Crippen molar-refractivity contribution in [1.82, 2.24) is 20.4 Å². The average molecular weight is 336 g/mol. The van der Waals surface area contributed by atoms with E-state index in [4.69, 9.17) is 9.26 Å². The standard InChI is InChI=1S/C17H28N4O3/c1-2-18-17(22)21-9-7-14(11-21)16-19-15(20-24-16)8-10-23-12-13-5-3-4-6-13/h13-14H,2-12H2,1H3,(H,18,22). The Morgan fingerprint density at radius 2 is 2.21 bits per heavy atom. The van der Waals surface area contributed by atoms with Gasteiger partial charge >= 0.3 is 6.03 Å². The molecule has 0 spiro atoms. The van der Waals surface area contributed by atoms with Crippen molar-refractivity contribution in [3.05, 3.63) is 11.7 Å². The fourth-order valence-corrected chi connectivity index (χ4v) is 3.53. The molecule has 7 heteroatoms. The quantitative estimate of drug-likeness (QED) is 0.773. The Morgan fingerprint density at radius 1 is 1.38 bits per heavy atom. The topological polar surface area (TPSA) is 80.5 Å². The van der Waals surface area contributed by atoms with Crippen LogP contribution in [0.1, 0.15) is 56.7 Å². The van der Waals surface area contributed by atoms with Crippen LogP contribution in [0.5, 0.6) is 0 Å². The molecule has 1 unspecified atom stereocenters. The van der Waals surface area contributed by atoms with E-state index in [-0.39, 0.29) is 11.9 Å². The molecule has 7 nitrogen and oxygen atoms in total. The van der Waals surface area contributed by atoms with Crippen LogP contribution >= 0.6 is 0 Å². The summed E-state index contributed by atoms with van der Waals surface area (Å²) in [6.45, 7) is 5.44. The Hall–Kier alpha value is -1.63. The van der Waals surface area contributed by atoms with Crippen molar-refractivity contribution < 1.29 is 14.1 Å². The summed E-state index contributed by atoms with van der Waals surface area (Å²) in [6, 6.07) is -0.0138. The molecule has 1 N–H and O–H groups in total. The lowest BCUT2D eigenvalue weighted by molar-refractivity contribution is 0.102. The van der Waals surface area contributed by atoms with Gasteiger partial charge in [0.2, 0.25) is 5.89 Å². The molecule has 2 amide bonds. The number of likely N-dealkylation sites (tertiary alicyclic amines) is 1. The highest BCUT2D eigenvalue weighted by Gasteiger charge is 2.30. The molecule has 1 saturated heterocycles. The van der Waals surface area contributed by atoms with Gasteiger partial charge in [-0.05, 0) is 32.1 Å². The molecule has 0 radical (unpaired) electrons. The Morgan fingerprint density at radius 3 is 3.00 bits per heavy atom. The van der Waals surface area contributed by atoms with Gasteiger partial charge < -0.3 is 19.5 Å². The summed E-state index contributed by atoms with van der Waals surface area (Å²) in [5.74, 6) is 2.23. The third-order valence-electron chi connectivity index (χ3n) is 4.93. The Balaban J connectivity index is 1.39. The molecular formula is C17H28N4O3. The molecule has 2 fully saturated rings. The van der Waals surface area contributed by atoms with Gasteiger partial charge in [0, 0.05) is 32.7 Å². The molecule has 2 heterocycles. The summed E-state index contributed by atoms with van der Waals surface area (Å²) in [5, 5.41) is 6.88. The molecule has 0 aromatic carbocycles. The number of carbonyl (C=O) groups is 1. The minimum Gasteiger partial charge on any atom is -0.381 e. The fraction of sp³-hybridized carbons (Fsp3) is 0.824. The zero-order valence-corrected chi connectivity index (χ0v) is 14.5. The van der Waals surface area contributed by atoms with Crippen LogP contribution in [-0.2, 0) is 11.2 Å². The predicted molar refractivity (Wildman–Crippen MR) is 88.8 cm³/mol. The minimum atomic E-state index is -0.0138. The summed E-state index contributed by atoms with van der Waals surface area (Å²) in [4.78, 5) is 18.1. The molecule has 2 aliphatic rings. The number of rotatable bonds is 7. The molecule has 1 aromatic rings. The fourth-order valence-electron chi connectivity index (χ4n) is 3.53. The van der Waals surface area contributed by atoms with Crippen molar-refractivity contribution in [2.24, 2.45) is 5.92 Å². The second-order valence-electron chi connectivity index (χ2n) is 6.79. The first-order valence-corrected chi connectivity index (χ1v) is 9.19. The van der Waals surface area contributed by atoms with Crippen molar-refractivity contribution >= 4 is 6.03 Å². The highest BCUT2D eigenvalue weighted by molar-refractivity contribution is 5.74. The van der Waals surface area contributed by atoms with Crippen LogP contribution in [0.25, 0.3) is 0 Å². The maximum absolute atomic E-state index is 11.8. The van der Waals surface area contributed by atoms with Crippen LogP contribution in [0.2, 0.25) is 0 Å². The maximum atomic E-state index is 11.8. The Kier molecular flexibility index (Phi) is 6.07. The van der Waals surface area contributed by atoms with Crippen LogP contribution in [-0.4, -0.2) is 53.9 Å². The zero-order valence-electron chi connectivity index (χ0n) is 14.5. The Labute approximate surface area is 143 Å². The molecule has 3 rings (SSSR count). The van der Waals surface area contributed by atoms with E-state index in [9.17, 15) is 4.79 Å². The number of nitrogens with one attached hydrogen (secondary N) is 1. The van der Waals surface area contributed by atoms with Gasteiger partial charge in [-0.1, -0.05) is 18.0 Å². The van der Waals surface area contributed by atoms with E-state index in [1.165, 1.54) is 25.7 Å². The molecule has 1 aliphatic carbocycles. The summed E-state index contributed by atoms with van der Waals surface area (Å²) in [7, 11) is 0. The van der Waals surface area contributed by atoms with Crippen LogP contribution in [0.15, 0.2) is 4.52 Å². The first kappa shape index (κ1) is 17.2. The van der Waals surface area contributed by atoms with E-state index in [2.05, 4.69) is 15.5 Å². The van der Waals surface area contributed by atoms with Crippen molar-refractivity contribution in [2.75, 3.05) is 32.8 Å². The van der Waals surface area contributed by atoms with Crippen molar-refractivity contribution in [3.8, 4) is 0 Å². The largest absolute Gasteiger partial charge is 0.381 e. The first-order chi connectivity index (χ1) is 11.8. The summed E-state index contributed by atoms with van der Waals surface area (Å²) >= 11 is 0. The van der Waals surface area contributed by atoms with Gasteiger partial charge in [-0.3, -0.25) is 0 Å². The Bertz CT molecular complexity index is 528. The monoisotopic (exact) mass is 336 g/mol. The predicted octanol–water partition coefficient (Wildman–Crippen LogP) is 2.34. The van der Waals surface area contributed by atoms with Crippen LogP contribution in [0.3, 0.4) is 0 Å². The highest BCUT2D eigenvalue weighted by atomic mass is 16.5. The van der Waals surface area contributed by atoms with Gasteiger partial charge in [0.15, 0.2) is 5.82 Å². The average Bonchev–Trinajstić information content (AvgIpc) is 3.31. The van der Waals surface area contributed by atoms with E-state index in [1.54, 1.807) is 0 Å². The molecule has 1 aliphatic heterocycles. The van der Waals surface area contributed by atoms with E-state index >= 15 is 0 Å². The van der Waals surface area contributed by atoms with E-state index < -0.39 is 0 Å². The zero-order chi connectivity index (χ0) is 16.8. The highest BCUT2D eigenvalue weighted by Crippen LogP contribution is 2.26. The molecule has 24 heavy (non-hydrogen) atoms. The molecular weight excluding hydrogens is 308 g/mol. The molecule has 0 bridgehead atoms. The third-order valence-corrected chi connectivity index (χ3v) is 4.93. The van der Waals surface area contributed by atoms with Gasteiger partial charge in [0.25, 0.3) is 0 Å². The first-order valence-electron chi connectivity index (χ1n) is 9.19. The number of nitrogens with zero attached hydrogens (tertiary/aromatic N) is 3.